The van der Waals surface area contributed by atoms with Crippen LogP contribution in [0.3, 0.4) is 0 Å². The Bertz CT molecular complexity index is 1080. The molecule has 0 saturated heterocycles. The number of allylic oxidation sites excluding steroid dienone is 8. The number of ketones is 3. The van der Waals surface area contributed by atoms with Gasteiger partial charge in [-0.25, -0.2) is 0 Å². The van der Waals surface area contributed by atoms with Crippen LogP contribution in [0.15, 0.2) is 47.1 Å². The summed E-state index contributed by atoms with van der Waals surface area (Å²) >= 11 is 0. The Morgan fingerprint density at radius 1 is 0.889 bits per heavy atom. The first-order valence-electron chi connectivity index (χ1n) is 13.1. The van der Waals surface area contributed by atoms with Crippen molar-refractivity contribution in [1.29, 1.82) is 0 Å². The molecule has 3 rings (SSSR count). The monoisotopic (exact) mass is 494 g/mol. The number of esters is 1. The minimum atomic E-state index is -0.220. The van der Waals surface area contributed by atoms with E-state index in [0.717, 1.165) is 36.8 Å². The highest BCUT2D eigenvalue weighted by atomic mass is 16.5. The van der Waals surface area contributed by atoms with Gasteiger partial charge in [0.1, 0.15) is 6.10 Å². The Balaban J connectivity index is 1.89. The molecule has 0 N–H and O–H groups in total. The predicted octanol–water partition coefficient (Wildman–Crippen LogP) is 6.28. The molecule has 0 aromatic carbocycles. The molecule has 0 radical (unpaired) electrons. The maximum absolute atomic E-state index is 13.5. The Labute approximate surface area is 216 Å². The molecule has 3 aliphatic carbocycles. The van der Waals surface area contributed by atoms with Crippen LogP contribution in [0.2, 0.25) is 0 Å². The molecular formula is C31H42O5. The molecular weight excluding hydrogens is 452 g/mol. The summed E-state index contributed by atoms with van der Waals surface area (Å²) in [5.74, 6) is 0.268. The van der Waals surface area contributed by atoms with Crippen LogP contribution in [0.5, 0.6) is 0 Å². The first-order chi connectivity index (χ1) is 16.6. The molecule has 0 aromatic rings. The van der Waals surface area contributed by atoms with Gasteiger partial charge in [-0.2, -0.15) is 0 Å². The fourth-order valence-corrected chi connectivity index (χ4v) is 7.80. The van der Waals surface area contributed by atoms with Crippen molar-refractivity contribution in [3.63, 3.8) is 0 Å². The summed E-state index contributed by atoms with van der Waals surface area (Å²) in [6, 6.07) is 0. The van der Waals surface area contributed by atoms with Gasteiger partial charge in [0.2, 0.25) is 0 Å². The van der Waals surface area contributed by atoms with Gasteiger partial charge in [0.25, 0.3) is 0 Å². The van der Waals surface area contributed by atoms with Crippen LogP contribution in [-0.2, 0) is 23.9 Å². The minimum absolute atomic E-state index is 0.000506. The second-order valence-corrected chi connectivity index (χ2v) is 12.2. The lowest BCUT2D eigenvalue weighted by molar-refractivity contribution is -0.185. The minimum Gasteiger partial charge on any atom is -0.462 e. The summed E-state index contributed by atoms with van der Waals surface area (Å²) in [4.78, 5) is 48.4. The Morgan fingerprint density at radius 3 is 2.17 bits per heavy atom. The molecule has 5 atom stereocenters. The van der Waals surface area contributed by atoms with E-state index in [4.69, 9.17) is 4.74 Å². The van der Waals surface area contributed by atoms with Crippen molar-refractivity contribution in [3.05, 3.63) is 47.1 Å². The van der Waals surface area contributed by atoms with E-state index in [-0.39, 0.29) is 51.6 Å². The molecule has 3 saturated carbocycles. The highest BCUT2D eigenvalue weighted by molar-refractivity contribution is 6.07. The standard InChI is InChI=1S/C31H42O5/c1-19(23(34)13-12-21(3)32)10-9-11-20(2)28-24(35)18-26-30(7)17-15-27(36-22(4)33)29(5,6)25(30)14-16-31(26,28)8/h9-13,25-27H,14-18H2,1-8H3/b11-9+,13-12-,19-10+,28-20+/t25-,26-,27-,30-,31-/m0/s1. The van der Waals surface area contributed by atoms with E-state index in [1.54, 1.807) is 13.0 Å². The number of Topliss-reactive ketones (excluding diaryl/α,β-unsaturated/α-hetero) is 1. The Morgan fingerprint density at radius 2 is 1.56 bits per heavy atom. The molecule has 3 aliphatic rings. The van der Waals surface area contributed by atoms with Crippen LogP contribution < -0.4 is 0 Å². The van der Waals surface area contributed by atoms with Crippen molar-refractivity contribution in [1.82, 2.24) is 0 Å². The van der Waals surface area contributed by atoms with Crippen molar-refractivity contribution < 1.29 is 23.9 Å². The summed E-state index contributed by atoms with van der Waals surface area (Å²) < 4.78 is 5.75. The number of hydrogen-bond acceptors (Lipinski definition) is 5. The lowest BCUT2D eigenvalue weighted by atomic mass is 9.43. The third-order valence-electron chi connectivity index (χ3n) is 9.48. The van der Waals surface area contributed by atoms with Crippen LogP contribution in [0.4, 0.5) is 0 Å². The zero-order chi connectivity index (χ0) is 27.1. The van der Waals surface area contributed by atoms with Crippen LogP contribution in [0.25, 0.3) is 0 Å². The fraction of sp³-hybridized carbons (Fsp3) is 0.613. The summed E-state index contributed by atoms with van der Waals surface area (Å²) in [5, 5.41) is 0. The van der Waals surface area contributed by atoms with E-state index in [9.17, 15) is 19.2 Å². The lowest BCUT2D eigenvalue weighted by Gasteiger charge is -2.62. The number of hydrogen-bond donors (Lipinski definition) is 0. The van der Waals surface area contributed by atoms with Crippen LogP contribution in [0, 0.1) is 28.1 Å². The lowest BCUT2D eigenvalue weighted by Crippen LogP contribution is -2.58. The average molecular weight is 495 g/mol. The summed E-state index contributed by atoms with van der Waals surface area (Å²) in [5.41, 5.74) is 2.08. The third-order valence-corrected chi connectivity index (χ3v) is 9.48. The van der Waals surface area contributed by atoms with Gasteiger partial charge in [-0.05, 0) is 87.0 Å². The zero-order valence-electron chi connectivity index (χ0n) is 23.2. The molecule has 0 aromatic heterocycles. The fourth-order valence-electron chi connectivity index (χ4n) is 7.80. The third kappa shape index (κ3) is 4.99. The number of fused-ring (bicyclic) bond motifs is 3. The number of carbonyl (C=O) groups is 4. The summed E-state index contributed by atoms with van der Waals surface area (Å²) in [6.07, 6.45) is 12.2. The van der Waals surface area contributed by atoms with E-state index in [0.29, 0.717) is 17.9 Å². The van der Waals surface area contributed by atoms with Gasteiger partial charge in [-0.1, -0.05) is 45.9 Å². The molecule has 0 heterocycles. The molecule has 5 nitrogen and oxygen atoms in total. The van der Waals surface area contributed by atoms with Crippen LogP contribution >= 0.6 is 0 Å². The van der Waals surface area contributed by atoms with Gasteiger partial charge in [-0.3, -0.25) is 19.2 Å². The molecule has 0 spiro atoms. The van der Waals surface area contributed by atoms with Crippen LogP contribution in [-0.4, -0.2) is 29.4 Å². The maximum atomic E-state index is 13.5. The second-order valence-electron chi connectivity index (χ2n) is 12.2. The molecule has 0 bridgehead atoms. The van der Waals surface area contributed by atoms with E-state index in [1.165, 1.54) is 26.0 Å². The normalized spacial score (nSPS) is 35.5. The van der Waals surface area contributed by atoms with Gasteiger partial charge in [0, 0.05) is 29.7 Å². The number of carbonyl (C=O) groups excluding carboxylic acids is 4. The molecule has 0 amide bonds. The van der Waals surface area contributed by atoms with Gasteiger partial charge >= 0.3 is 5.97 Å². The number of rotatable bonds is 6. The quantitative estimate of drug-likeness (QED) is 0.247. The highest BCUT2D eigenvalue weighted by Crippen LogP contribution is 2.69. The number of ether oxygens (including phenoxy) is 1. The maximum Gasteiger partial charge on any atom is 0.302 e. The summed E-state index contributed by atoms with van der Waals surface area (Å²) in [7, 11) is 0. The van der Waals surface area contributed by atoms with Crippen molar-refractivity contribution in [2.45, 2.75) is 93.6 Å². The largest absolute Gasteiger partial charge is 0.462 e. The van der Waals surface area contributed by atoms with Crippen molar-refractivity contribution in [3.8, 4) is 0 Å². The highest BCUT2D eigenvalue weighted by Gasteiger charge is 2.65. The van der Waals surface area contributed by atoms with Crippen molar-refractivity contribution in [2.75, 3.05) is 0 Å². The predicted molar refractivity (Wildman–Crippen MR) is 141 cm³/mol. The molecule has 0 aliphatic heterocycles. The van der Waals surface area contributed by atoms with E-state index in [1.807, 2.05) is 19.1 Å². The topological polar surface area (TPSA) is 77.5 Å². The smallest absolute Gasteiger partial charge is 0.302 e. The molecule has 3 fully saturated rings. The first kappa shape index (κ1) is 28.0. The van der Waals surface area contributed by atoms with E-state index >= 15 is 0 Å². The van der Waals surface area contributed by atoms with E-state index in [2.05, 4.69) is 27.7 Å². The SMILES string of the molecule is CC(=O)/C=C\C(=O)/C(C)=C/C=C/C(C)=C1\C(=O)C[C@H]2[C@@]3(C)CC[C@H](OC(C)=O)C(C)(C)[C@@H]3CC[C@]12C. The van der Waals surface area contributed by atoms with Gasteiger partial charge < -0.3 is 4.74 Å². The molecule has 196 valence electrons. The van der Waals surface area contributed by atoms with Crippen molar-refractivity contribution in [2.24, 2.45) is 28.1 Å². The van der Waals surface area contributed by atoms with Gasteiger partial charge in [0.05, 0.1) is 0 Å². The Kier molecular flexibility index (Phi) is 7.83. The molecule has 5 heteroatoms. The molecule has 0 unspecified atom stereocenters. The van der Waals surface area contributed by atoms with Gasteiger partial charge in [0.15, 0.2) is 17.3 Å². The molecule has 36 heavy (non-hydrogen) atoms. The second kappa shape index (κ2) is 10.1. The van der Waals surface area contributed by atoms with Gasteiger partial charge in [-0.15, -0.1) is 0 Å². The van der Waals surface area contributed by atoms with Crippen molar-refractivity contribution >= 4 is 23.3 Å². The summed E-state index contributed by atoms with van der Waals surface area (Å²) in [6.45, 7) is 15.7. The van der Waals surface area contributed by atoms with E-state index < -0.39 is 0 Å². The first-order valence-corrected chi connectivity index (χ1v) is 13.1. The average Bonchev–Trinajstić information content (AvgIpc) is 3.05. The zero-order valence-corrected chi connectivity index (χ0v) is 23.2. The Hall–Kier alpha value is -2.56. The van der Waals surface area contributed by atoms with Crippen LogP contribution in [0.1, 0.15) is 87.5 Å².